The number of rotatable bonds is 4. The van der Waals surface area contributed by atoms with E-state index in [0.29, 0.717) is 40.8 Å². The summed E-state index contributed by atoms with van der Waals surface area (Å²) in [4.78, 5) is 9.20. The SMILES string of the molecule is [2H]C([2H])([2H])c1c[c-]c(-c2cc(C(C)(C)C)ccn2)cc1-c1ccc2c(c1)C(C)(C)CCC2(C)C.[2H]C([2H])([2H])c1cnc(-c2[c-]ccc3c2oc2cc4c(ccc5ccccc54)cc23)cc1C1([2H])CCC(C)(C)CC1.[Ir]. The molecule has 0 unspecified atom stereocenters. The largest absolute Gasteiger partial charge is 0.501 e. The predicted molar refractivity (Wildman–Crippen MR) is 283 cm³/mol. The average Bonchev–Trinajstić information content (AvgIpc) is 3.72. The minimum atomic E-state index is -2.35. The minimum Gasteiger partial charge on any atom is -0.501 e. The first-order valence-corrected chi connectivity index (χ1v) is 24.0. The zero-order valence-corrected chi connectivity index (χ0v) is 43.3. The molecule has 3 aromatic heterocycles. The van der Waals surface area contributed by atoms with Crippen LogP contribution in [0.1, 0.15) is 150 Å². The first kappa shape index (κ1) is 39.4. The molecule has 0 spiro atoms. The van der Waals surface area contributed by atoms with Crippen molar-refractivity contribution in [2.75, 3.05) is 0 Å². The van der Waals surface area contributed by atoms with Gasteiger partial charge in [0.25, 0.3) is 0 Å². The van der Waals surface area contributed by atoms with E-state index < -0.39 is 19.6 Å². The summed E-state index contributed by atoms with van der Waals surface area (Å²) in [5.74, 6) is -0.975. The van der Waals surface area contributed by atoms with Crippen LogP contribution in [0.5, 0.6) is 0 Å². The molecule has 349 valence electrons. The molecule has 0 N–H and O–H groups in total. The van der Waals surface area contributed by atoms with E-state index in [0.717, 1.165) is 75.2 Å². The predicted octanol–water partition coefficient (Wildman–Crippen LogP) is 17.9. The molecular formula is C64H66IrN2O-2. The molecule has 2 aliphatic carbocycles. The van der Waals surface area contributed by atoms with Gasteiger partial charge >= 0.3 is 0 Å². The van der Waals surface area contributed by atoms with Crippen LogP contribution < -0.4 is 0 Å². The van der Waals surface area contributed by atoms with Gasteiger partial charge in [0.05, 0.1) is 5.58 Å². The van der Waals surface area contributed by atoms with E-state index in [4.69, 9.17) is 12.6 Å². The Labute approximate surface area is 428 Å². The van der Waals surface area contributed by atoms with Crippen LogP contribution in [0.2, 0.25) is 0 Å². The first-order valence-electron chi connectivity index (χ1n) is 27.5. The first-order chi connectivity index (χ1) is 34.6. The molecule has 11 rings (SSSR count). The van der Waals surface area contributed by atoms with Gasteiger partial charge in [0.1, 0.15) is 5.58 Å². The Kier molecular flexibility index (Phi) is 10.3. The van der Waals surface area contributed by atoms with Crippen molar-refractivity contribution in [3.8, 4) is 33.6 Å². The third kappa shape index (κ3) is 9.00. The number of pyridine rings is 2. The fourth-order valence-corrected chi connectivity index (χ4v) is 10.5. The number of hydrogen-bond acceptors (Lipinski definition) is 3. The fourth-order valence-electron chi connectivity index (χ4n) is 10.5. The van der Waals surface area contributed by atoms with Crippen molar-refractivity contribution < 1.29 is 34.1 Å². The Balaban J connectivity index is 0.000000184. The molecule has 0 amide bonds. The van der Waals surface area contributed by atoms with Crippen LogP contribution in [-0.2, 0) is 36.4 Å². The van der Waals surface area contributed by atoms with Gasteiger partial charge in [-0.1, -0.05) is 152 Å². The number of benzene rings is 6. The molecule has 2 aliphatic rings. The third-order valence-electron chi connectivity index (χ3n) is 15.1. The summed E-state index contributed by atoms with van der Waals surface area (Å²) < 4.78 is 65.0. The maximum absolute atomic E-state index is 9.41. The number of aryl methyl sites for hydroxylation is 2. The number of fused-ring (bicyclic) bond motifs is 7. The second-order valence-electron chi connectivity index (χ2n) is 22.3. The Morgan fingerprint density at radius 3 is 2.19 bits per heavy atom. The van der Waals surface area contributed by atoms with Gasteiger partial charge in [0, 0.05) is 47.5 Å². The molecule has 0 atom stereocenters. The fraction of sp³-hybridized carbons (Fsp3) is 0.344. The van der Waals surface area contributed by atoms with Gasteiger partial charge in [-0.05, 0) is 157 Å². The van der Waals surface area contributed by atoms with Crippen LogP contribution in [-0.4, -0.2) is 9.97 Å². The van der Waals surface area contributed by atoms with E-state index in [9.17, 15) is 1.37 Å². The normalized spacial score (nSPS) is 18.9. The summed E-state index contributed by atoms with van der Waals surface area (Å²) in [6, 6.07) is 43.4. The minimum absolute atomic E-state index is 0. The summed E-state index contributed by atoms with van der Waals surface area (Å²) in [5.41, 5.74) is 11.2. The van der Waals surface area contributed by atoms with Crippen LogP contribution in [0, 0.1) is 31.3 Å². The number of nitrogens with zero attached hydrogens (tertiary/aromatic N) is 2. The summed E-state index contributed by atoms with van der Waals surface area (Å²) in [5, 5.41) is 6.61. The summed E-state index contributed by atoms with van der Waals surface area (Å²) >= 11 is 0. The maximum atomic E-state index is 9.41. The molecule has 0 aliphatic heterocycles. The van der Waals surface area contributed by atoms with Crippen LogP contribution >= 0.6 is 0 Å². The van der Waals surface area contributed by atoms with Crippen LogP contribution in [0.3, 0.4) is 0 Å². The third-order valence-corrected chi connectivity index (χ3v) is 15.1. The van der Waals surface area contributed by atoms with E-state index in [-0.39, 0.29) is 47.3 Å². The second-order valence-corrected chi connectivity index (χ2v) is 22.3. The van der Waals surface area contributed by atoms with Gasteiger partial charge in [-0.15, -0.1) is 47.5 Å². The second kappa shape index (κ2) is 17.8. The quantitative estimate of drug-likeness (QED) is 0.130. The van der Waals surface area contributed by atoms with E-state index >= 15 is 0 Å². The van der Waals surface area contributed by atoms with E-state index in [1.165, 1.54) is 33.7 Å². The van der Waals surface area contributed by atoms with Gasteiger partial charge in [0.2, 0.25) is 0 Å². The Morgan fingerprint density at radius 1 is 0.676 bits per heavy atom. The van der Waals surface area contributed by atoms with E-state index in [1.54, 1.807) is 6.07 Å². The van der Waals surface area contributed by atoms with Gasteiger partial charge in [-0.2, -0.15) is 0 Å². The Morgan fingerprint density at radius 2 is 1.43 bits per heavy atom. The molecule has 6 aromatic carbocycles. The topological polar surface area (TPSA) is 38.9 Å². The van der Waals surface area contributed by atoms with Gasteiger partial charge in [0.15, 0.2) is 0 Å². The van der Waals surface area contributed by atoms with Gasteiger partial charge in [-0.3, -0.25) is 0 Å². The van der Waals surface area contributed by atoms with E-state index in [2.05, 4.69) is 151 Å². The van der Waals surface area contributed by atoms with Gasteiger partial charge in [-0.25, -0.2) is 0 Å². The van der Waals surface area contributed by atoms with Crippen molar-refractivity contribution in [1.82, 2.24) is 9.97 Å². The molecular weight excluding hydrogens is 1000 g/mol. The average molecular weight is 1080 g/mol. The monoisotopic (exact) mass is 1080 g/mol. The summed E-state index contributed by atoms with van der Waals surface area (Å²) in [7, 11) is 0. The Bertz CT molecular complexity index is 3640. The maximum Gasteiger partial charge on any atom is 0.121 e. The Hall–Kier alpha value is -5.41. The van der Waals surface area contributed by atoms with Crippen molar-refractivity contribution in [1.29, 1.82) is 0 Å². The molecule has 1 fully saturated rings. The van der Waals surface area contributed by atoms with Gasteiger partial charge < -0.3 is 14.4 Å². The molecule has 1 radical (unpaired) electrons. The summed E-state index contributed by atoms with van der Waals surface area (Å²) in [6.07, 6.45) is 8.52. The zero-order chi connectivity index (χ0) is 53.0. The van der Waals surface area contributed by atoms with Crippen molar-refractivity contribution in [3.63, 3.8) is 0 Å². The molecule has 3 nitrogen and oxygen atoms in total. The molecule has 4 heteroatoms. The number of hydrogen-bond donors (Lipinski definition) is 0. The molecule has 9 aromatic rings. The number of aromatic nitrogens is 2. The molecule has 3 heterocycles. The standard InChI is InChI=1S/C34H30NO.C30H36N.Ir/c1-21-20-35-31(18-28(21)23-13-15-34(2,3)16-14-23)27-10-6-9-26-30-17-24-12-11-22-7-4-5-8-25(22)29(24)19-32(30)36-33(26)27;1-20-9-10-22(27-19-23(13-16-31-27)28(2,3)4)17-24(20)21-11-12-25-26(18-21)30(7,8)15-14-29(25,5)6;/h4-9,11-12,17-20,23H,13-16H2,1-3H3;9,11-13,16-19H,14-15H2,1-8H3;/q2*-1;/i1D3,23D;1D3;. The smallest absolute Gasteiger partial charge is 0.121 e. The van der Waals surface area contributed by atoms with Crippen molar-refractivity contribution in [2.24, 2.45) is 5.41 Å². The molecule has 1 saturated carbocycles. The van der Waals surface area contributed by atoms with Crippen molar-refractivity contribution in [2.45, 2.75) is 137 Å². The van der Waals surface area contributed by atoms with Crippen LogP contribution in [0.25, 0.3) is 77.1 Å². The summed E-state index contributed by atoms with van der Waals surface area (Å²) in [6.45, 7) is 15.6. The molecule has 0 saturated heterocycles. The van der Waals surface area contributed by atoms with Crippen LogP contribution in [0.4, 0.5) is 0 Å². The zero-order valence-electron chi connectivity index (χ0n) is 47.9. The van der Waals surface area contributed by atoms with Crippen molar-refractivity contribution >= 4 is 43.5 Å². The molecule has 68 heavy (non-hydrogen) atoms. The van der Waals surface area contributed by atoms with E-state index in [1.807, 2.05) is 42.6 Å². The number of furan rings is 1. The van der Waals surface area contributed by atoms with Crippen LogP contribution in [0.15, 0.2) is 126 Å². The molecule has 0 bridgehead atoms. The van der Waals surface area contributed by atoms with Crippen molar-refractivity contribution in [3.05, 3.63) is 167 Å².